The Hall–Kier alpha value is 0.0700. The van der Waals surface area contributed by atoms with Gasteiger partial charge in [0.1, 0.15) is 5.76 Å². The lowest BCUT2D eigenvalue weighted by Gasteiger charge is -2.04. The summed E-state index contributed by atoms with van der Waals surface area (Å²) in [6.07, 6.45) is 1.40. The van der Waals surface area contributed by atoms with Gasteiger partial charge in [0, 0.05) is 11.1 Å². The Balaban J connectivity index is 2.11. The smallest absolute Gasteiger partial charge is 0.113 e. The molecule has 0 radical (unpaired) electrons. The number of aliphatic hydroxyl groups excluding tert-OH is 1. The topological polar surface area (TPSA) is 33.4 Å². The standard InChI is InChI=1S/C8H11BrO2S/c9-4-7(10)5-12-6-8-2-1-3-11-8/h1-3,7,10H,4-6H2. The molecule has 1 atom stereocenters. The van der Waals surface area contributed by atoms with Gasteiger partial charge in [-0.3, -0.25) is 0 Å². The van der Waals surface area contributed by atoms with E-state index in [9.17, 15) is 5.11 Å². The summed E-state index contributed by atoms with van der Waals surface area (Å²) in [7, 11) is 0. The van der Waals surface area contributed by atoms with Crippen molar-refractivity contribution in [2.75, 3.05) is 11.1 Å². The molecule has 0 saturated heterocycles. The molecule has 0 amide bonds. The van der Waals surface area contributed by atoms with E-state index in [0.717, 1.165) is 17.3 Å². The monoisotopic (exact) mass is 250 g/mol. The second kappa shape index (κ2) is 5.67. The lowest BCUT2D eigenvalue weighted by atomic mass is 10.5. The molecule has 1 aromatic rings. The van der Waals surface area contributed by atoms with Crippen LogP contribution in [0.5, 0.6) is 0 Å². The third kappa shape index (κ3) is 3.65. The fourth-order valence-electron chi connectivity index (χ4n) is 0.735. The summed E-state index contributed by atoms with van der Waals surface area (Å²) in [6.45, 7) is 0. The molecule has 68 valence electrons. The molecule has 1 aromatic heterocycles. The zero-order valence-corrected chi connectivity index (χ0v) is 8.97. The molecule has 1 heterocycles. The highest BCUT2D eigenvalue weighted by molar-refractivity contribution is 9.09. The summed E-state index contributed by atoms with van der Waals surface area (Å²) in [5.74, 6) is 2.53. The van der Waals surface area contributed by atoms with Crippen LogP contribution in [-0.2, 0) is 5.75 Å². The van der Waals surface area contributed by atoms with Gasteiger partial charge in [-0.05, 0) is 12.1 Å². The number of hydrogen-bond acceptors (Lipinski definition) is 3. The maximum atomic E-state index is 9.19. The van der Waals surface area contributed by atoms with Crippen molar-refractivity contribution in [1.29, 1.82) is 0 Å². The van der Waals surface area contributed by atoms with Crippen molar-refractivity contribution in [1.82, 2.24) is 0 Å². The summed E-state index contributed by atoms with van der Waals surface area (Å²) >= 11 is 4.88. The molecule has 0 aliphatic heterocycles. The number of thioether (sulfide) groups is 1. The lowest BCUT2D eigenvalue weighted by Crippen LogP contribution is -2.10. The van der Waals surface area contributed by atoms with Crippen molar-refractivity contribution >= 4 is 27.7 Å². The first-order valence-corrected chi connectivity index (χ1v) is 5.94. The SMILES string of the molecule is OC(CBr)CSCc1ccco1. The first-order valence-electron chi connectivity index (χ1n) is 3.67. The van der Waals surface area contributed by atoms with Crippen molar-refractivity contribution in [3.8, 4) is 0 Å². The van der Waals surface area contributed by atoms with Crippen LogP contribution in [0.25, 0.3) is 0 Å². The van der Waals surface area contributed by atoms with Crippen LogP contribution in [-0.4, -0.2) is 22.3 Å². The predicted molar refractivity (Wildman–Crippen MR) is 54.7 cm³/mol. The number of aliphatic hydroxyl groups is 1. The average Bonchev–Trinajstić information content (AvgIpc) is 2.57. The van der Waals surface area contributed by atoms with E-state index in [1.54, 1.807) is 18.0 Å². The zero-order chi connectivity index (χ0) is 8.81. The Morgan fingerprint density at radius 1 is 1.67 bits per heavy atom. The first kappa shape index (κ1) is 10.2. The van der Waals surface area contributed by atoms with E-state index < -0.39 is 0 Å². The van der Waals surface area contributed by atoms with Gasteiger partial charge in [0.2, 0.25) is 0 Å². The molecule has 0 fully saturated rings. The van der Waals surface area contributed by atoms with Crippen molar-refractivity contribution in [2.24, 2.45) is 0 Å². The molecule has 1 N–H and O–H groups in total. The molecule has 12 heavy (non-hydrogen) atoms. The van der Waals surface area contributed by atoms with Gasteiger partial charge in [0.25, 0.3) is 0 Å². The molecule has 0 aliphatic carbocycles. The van der Waals surface area contributed by atoms with Crippen molar-refractivity contribution in [3.05, 3.63) is 24.2 Å². The minimum Gasteiger partial charge on any atom is -0.468 e. The van der Waals surface area contributed by atoms with Crippen LogP contribution in [0, 0.1) is 0 Å². The van der Waals surface area contributed by atoms with Crippen LogP contribution < -0.4 is 0 Å². The van der Waals surface area contributed by atoms with E-state index in [4.69, 9.17) is 4.42 Å². The third-order valence-corrected chi connectivity index (χ3v) is 3.17. The molecule has 0 aromatic carbocycles. The lowest BCUT2D eigenvalue weighted by molar-refractivity contribution is 0.226. The van der Waals surface area contributed by atoms with Crippen molar-refractivity contribution in [2.45, 2.75) is 11.9 Å². The van der Waals surface area contributed by atoms with E-state index in [1.165, 1.54) is 0 Å². The molecule has 2 nitrogen and oxygen atoms in total. The molecular formula is C8H11BrO2S. The summed E-state index contributed by atoms with van der Waals surface area (Å²) in [5, 5.41) is 9.83. The highest BCUT2D eigenvalue weighted by Crippen LogP contribution is 2.13. The second-order valence-electron chi connectivity index (χ2n) is 2.40. The number of rotatable bonds is 5. The fraction of sp³-hybridized carbons (Fsp3) is 0.500. The number of halogens is 1. The van der Waals surface area contributed by atoms with Gasteiger partial charge in [-0.15, -0.1) is 0 Å². The van der Waals surface area contributed by atoms with Crippen molar-refractivity contribution < 1.29 is 9.52 Å². The van der Waals surface area contributed by atoms with Crippen LogP contribution >= 0.6 is 27.7 Å². The van der Waals surface area contributed by atoms with Gasteiger partial charge in [-0.1, -0.05) is 15.9 Å². The predicted octanol–water partition coefficient (Wildman–Crippen LogP) is 2.27. The van der Waals surface area contributed by atoms with Gasteiger partial charge in [0.05, 0.1) is 18.1 Å². The highest BCUT2D eigenvalue weighted by Gasteiger charge is 2.02. The minimum atomic E-state index is -0.259. The van der Waals surface area contributed by atoms with Crippen LogP contribution in [0.15, 0.2) is 22.8 Å². The Bertz CT molecular complexity index is 201. The van der Waals surface area contributed by atoms with Gasteiger partial charge in [0.15, 0.2) is 0 Å². The number of hydrogen-bond donors (Lipinski definition) is 1. The fourth-order valence-corrected chi connectivity index (χ4v) is 2.14. The Morgan fingerprint density at radius 2 is 2.50 bits per heavy atom. The summed E-state index contributed by atoms with van der Waals surface area (Å²) < 4.78 is 5.13. The quantitative estimate of drug-likeness (QED) is 0.815. The zero-order valence-electron chi connectivity index (χ0n) is 6.57. The highest BCUT2D eigenvalue weighted by atomic mass is 79.9. The Kier molecular flexibility index (Phi) is 4.80. The largest absolute Gasteiger partial charge is 0.468 e. The van der Waals surface area contributed by atoms with Gasteiger partial charge in [-0.2, -0.15) is 11.8 Å². The molecule has 0 saturated carbocycles. The Morgan fingerprint density at radius 3 is 3.08 bits per heavy atom. The molecule has 0 aliphatic rings. The van der Waals surface area contributed by atoms with Gasteiger partial charge >= 0.3 is 0 Å². The van der Waals surface area contributed by atoms with E-state index >= 15 is 0 Å². The minimum absolute atomic E-state index is 0.259. The van der Waals surface area contributed by atoms with E-state index in [2.05, 4.69) is 15.9 Å². The van der Waals surface area contributed by atoms with Crippen LogP contribution in [0.4, 0.5) is 0 Å². The van der Waals surface area contributed by atoms with Gasteiger partial charge in [-0.25, -0.2) is 0 Å². The molecule has 4 heteroatoms. The maximum Gasteiger partial charge on any atom is 0.113 e. The van der Waals surface area contributed by atoms with Crippen LogP contribution in [0.2, 0.25) is 0 Å². The normalized spacial score (nSPS) is 13.2. The molecule has 1 unspecified atom stereocenters. The average molecular weight is 251 g/mol. The van der Waals surface area contributed by atoms with Crippen LogP contribution in [0.3, 0.4) is 0 Å². The molecular weight excluding hydrogens is 240 g/mol. The van der Waals surface area contributed by atoms with Crippen molar-refractivity contribution in [3.63, 3.8) is 0 Å². The summed E-state index contributed by atoms with van der Waals surface area (Å²) in [6, 6.07) is 3.81. The van der Waals surface area contributed by atoms with Gasteiger partial charge < -0.3 is 9.52 Å². The summed E-state index contributed by atoms with van der Waals surface area (Å²) in [5.41, 5.74) is 0. The van der Waals surface area contributed by atoms with Crippen LogP contribution in [0.1, 0.15) is 5.76 Å². The third-order valence-electron chi connectivity index (χ3n) is 1.31. The van der Waals surface area contributed by atoms with E-state index in [0.29, 0.717) is 5.33 Å². The summed E-state index contributed by atoms with van der Waals surface area (Å²) in [4.78, 5) is 0. The Labute approximate surface area is 84.5 Å². The first-order chi connectivity index (χ1) is 5.83. The van der Waals surface area contributed by atoms with E-state index in [-0.39, 0.29) is 6.10 Å². The number of furan rings is 1. The molecule has 0 bridgehead atoms. The second-order valence-corrected chi connectivity index (χ2v) is 4.08. The number of alkyl halides is 1. The maximum absolute atomic E-state index is 9.19. The molecule has 1 rings (SSSR count). The molecule has 0 spiro atoms. The van der Waals surface area contributed by atoms with E-state index in [1.807, 2.05) is 12.1 Å².